The van der Waals surface area contributed by atoms with E-state index in [1.807, 2.05) is 31.2 Å². The predicted molar refractivity (Wildman–Crippen MR) is 94.2 cm³/mol. The first-order valence-corrected chi connectivity index (χ1v) is 8.27. The maximum Gasteiger partial charge on any atom is 0.250 e. The number of hydrogen-bond acceptors (Lipinski definition) is 3. The standard InChI is InChI=1S/C17H15ClN2O2S/c1-10-9-11(18)7-8-12(10)19-15(21)17(2)16(22)20-13-5-3-4-6-14(13)23-17/h3-9H,1-2H3,(H,19,21)(H,20,22). The van der Waals surface area contributed by atoms with Crippen molar-refractivity contribution in [3.8, 4) is 0 Å². The van der Waals surface area contributed by atoms with Crippen molar-refractivity contribution in [1.29, 1.82) is 0 Å². The van der Waals surface area contributed by atoms with Gasteiger partial charge in [0.25, 0.3) is 0 Å². The van der Waals surface area contributed by atoms with Crippen LogP contribution >= 0.6 is 23.4 Å². The van der Waals surface area contributed by atoms with Crippen molar-refractivity contribution < 1.29 is 9.59 Å². The average Bonchev–Trinajstić information content (AvgIpc) is 2.51. The molecular weight excluding hydrogens is 332 g/mol. The number of para-hydroxylation sites is 1. The Hall–Kier alpha value is -1.98. The van der Waals surface area contributed by atoms with Crippen LogP contribution in [0.1, 0.15) is 12.5 Å². The van der Waals surface area contributed by atoms with Crippen LogP contribution in [0.3, 0.4) is 0 Å². The van der Waals surface area contributed by atoms with Crippen molar-refractivity contribution in [3.63, 3.8) is 0 Å². The van der Waals surface area contributed by atoms with Gasteiger partial charge in [0.1, 0.15) is 0 Å². The first-order valence-electron chi connectivity index (χ1n) is 7.07. The number of carbonyl (C=O) groups excluding carboxylic acids is 2. The summed E-state index contributed by atoms with van der Waals surface area (Å²) in [6, 6.07) is 12.6. The Morgan fingerprint density at radius 3 is 2.74 bits per heavy atom. The SMILES string of the molecule is Cc1cc(Cl)ccc1NC(=O)C1(C)Sc2ccccc2NC1=O. The Morgan fingerprint density at radius 1 is 1.26 bits per heavy atom. The molecule has 2 N–H and O–H groups in total. The van der Waals surface area contributed by atoms with Crippen molar-refractivity contribution in [3.05, 3.63) is 53.1 Å². The minimum atomic E-state index is -1.24. The molecule has 0 aliphatic carbocycles. The largest absolute Gasteiger partial charge is 0.324 e. The quantitative estimate of drug-likeness (QED) is 0.805. The van der Waals surface area contributed by atoms with Gasteiger partial charge in [0, 0.05) is 15.6 Å². The predicted octanol–water partition coefficient (Wildman–Crippen LogP) is 4.09. The van der Waals surface area contributed by atoms with Crippen molar-refractivity contribution >= 4 is 46.6 Å². The zero-order valence-electron chi connectivity index (χ0n) is 12.6. The number of carbonyl (C=O) groups is 2. The number of halogens is 1. The van der Waals surface area contributed by atoms with Gasteiger partial charge in [0.15, 0.2) is 4.75 Å². The van der Waals surface area contributed by atoms with Gasteiger partial charge < -0.3 is 10.6 Å². The van der Waals surface area contributed by atoms with Gasteiger partial charge in [-0.15, -0.1) is 0 Å². The lowest BCUT2D eigenvalue weighted by molar-refractivity contribution is -0.126. The van der Waals surface area contributed by atoms with Crippen LogP contribution in [0.5, 0.6) is 0 Å². The fourth-order valence-corrected chi connectivity index (χ4v) is 3.65. The summed E-state index contributed by atoms with van der Waals surface area (Å²) in [5.41, 5.74) is 2.22. The molecule has 6 heteroatoms. The molecule has 0 saturated carbocycles. The third kappa shape index (κ3) is 2.94. The summed E-state index contributed by atoms with van der Waals surface area (Å²) < 4.78 is -1.24. The molecular formula is C17H15ClN2O2S. The summed E-state index contributed by atoms with van der Waals surface area (Å²) in [4.78, 5) is 26.0. The summed E-state index contributed by atoms with van der Waals surface area (Å²) in [6.07, 6.45) is 0. The van der Waals surface area contributed by atoms with E-state index >= 15 is 0 Å². The lowest BCUT2D eigenvalue weighted by Crippen LogP contribution is -2.49. The molecule has 2 amide bonds. The van der Waals surface area contributed by atoms with Gasteiger partial charge >= 0.3 is 0 Å². The van der Waals surface area contributed by atoms with E-state index in [1.54, 1.807) is 25.1 Å². The summed E-state index contributed by atoms with van der Waals surface area (Å²) in [6.45, 7) is 3.48. The molecule has 4 nitrogen and oxygen atoms in total. The van der Waals surface area contributed by atoms with Crippen LogP contribution in [0, 0.1) is 6.92 Å². The summed E-state index contributed by atoms with van der Waals surface area (Å²) >= 11 is 7.18. The lowest BCUT2D eigenvalue weighted by Gasteiger charge is -2.32. The van der Waals surface area contributed by atoms with E-state index in [9.17, 15) is 9.59 Å². The minimum Gasteiger partial charge on any atom is -0.324 e. The fourth-order valence-electron chi connectivity index (χ4n) is 2.33. The van der Waals surface area contributed by atoms with E-state index < -0.39 is 4.75 Å². The van der Waals surface area contributed by atoms with Crippen LogP contribution < -0.4 is 10.6 Å². The van der Waals surface area contributed by atoms with E-state index in [4.69, 9.17) is 11.6 Å². The average molecular weight is 347 g/mol. The fraction of sp³-hybridized carbons (Fsp3) is 0.176. The molecule has 2 aromatic carbocycles. The summed E-state index contributed by atoms with van der Waals surface area (Å²) in [5.74, 6) is -0.690. The van der Waals surface area contributed by atoms with Crippen molar-refractivity contribution in [2.24, 2.45) is 0 Å². The third-order valence-electron chi connectivity index (χ3n) is 3.75. The van der Waals surface area contributed by atoms with Gasteiger partial charge in [0.05, 0.1) is 5.69 Å². The Bertz CT molecular complexity index is 809. The summed E-state index contributed by atoms with van der Waals surface area (Å²) in [5, 5.41) is 6.23. The van der Waals surface area contributed by atoms with Gasteiger partial charge in [-0.2, -0.15) is 0 Å². The molecule has 1 atom stereocenters. The Morgan fingerprint density at radius 2 is 2.00 bits per heavy atom. The first-order chi connectivity index (χ1) is 10.9. The van der Waals surface area contributed by atoms with Crippen molar-refractivity contribution in [2.45, 2.75) is 23.5 Å². The van der Waals surface area contributed by atoms with Gasteiger partial charge in [0.2, 0.25) is 11.8 Å². The topological polar surface area (TPSA) is 58.2 Å². The maximum atomic E-state index is 12.7. The zero-order valence-corrected chi connectivity index (χ0v) is 14.2. The monoisotopic (exact) mass is 346 g/mol. The van der Waals surface area contributed by atoms with E-state index in [0.717, 1.165) is 16.1 Å². The van der Waals surface area contributed by atoms with Crippen LogP contribution in [-0.4, -0.2) is 16.6 Å². The minimum absolute atomic E-state index is 0.328. The molecule has 2 aromatic rings. The number of rotatable bonds is 2. The second-order valence-corrected chi connectivity index (χ2v) is 7.40. The molecule has 0 aromatic heterocycles. The number of amides is 2. The second kappa shape index (κ2) is 5.91. The highest BCUT2D eigenvalue weighted by molar-refractivity contribution is 8.02. The maximum absolute atomic E-state index is 12.7. The lowest BCUT2D eigenvalue weighted by atomic mass is 10.1. The molecule has 0 radical (unpaired) electrons. The van der Waals surface area contributed by atoms with E-state index in [2.05, 4.69) is 10.6 Å². The van der Waals surface area contributed by atoms with Crippen LogP contribution in [-0.2, 0) is 9.59 Å². The van der Waals surface area contributed by atoms with Crippen molar-refractivity contribution in [2.75, 3.05) is 10.6 Å². The zero-order chi connectivity index (χ0) is 16.6. The molecule has 1 unspecified atom stereocenters. The highest BCUT2D eigenvalue weighted by atomic mass is 35.5. The van der Waals surface area contributed by atoms with E-state index in [1.165, 1.54) is 11.8 Å². The second-order valence-electron chi connectivity index (χ2n) is 5.50. The smallest absolute Gasteiger partial charge is 0.250 e. The molecule has 0 spiro atoms. The number of benzene rings is 2. The molecule has 118 valence electrons. The first kappa shape index (κ1) is 15.9. The molecule has 0 bridgehead atoms. The molecule has 1 aliphatic rings. The van der Waals surface area contributed by atoms with Gasteiger partial charge in [-0.1, -0.05) is 35.5 Å². The molecule has 0 fully saturated rings. The number of aryl methyl sites for hydroxylation is 1. The molecule has 3 rings (SSSR count). The highest BCUT2D eigenvalue weighted by Crippen LogP contribution is 2.42. The highest BCUT2D eigenvalue weighted by Gasteiger charge is 2.45. The number of nitrogens with one attached hydrogen (secondary N) is 2. The van der Waals surface area contributed by atoms with E-state index in [-0.39, 0.29) is 11.8 Å². The molecule has 23 heavy (non-hydrogen) atoms. The Kier molecular flexibility index (Phi) is 4.08. The number of anilines is 2. The Balaban J connectivity index is 1.88. The molecule has 1 aliphatic heterocycles. The molecule has 1 heterocycles. The van der Waals surface area contributed by atoms with Crippen LogP contribution in [0.15, 0.2) is 47.4 Å². The van der Waals surface area contributed by atoms with Gasteiger partial charge in [-0.3, -0.25) is 9.59 Å². The van der Waals surface area contributed by atoms with Crippen LogP contribution in [0.25, 0.3) is 0 Å². The Labute approximate surface area is 143 Å². The van der Waals surface area contributed by atoms with E-state index in [0.29, 0.717) is 10.7 Å². The number of fused-ring (bicyclic) bond motifs is 1. The van der Waals surface area contributed by atoms with Gasteiger partial charge in [-0.05, 0) is 49.7 Å². The normalized spacial score (nSPS) is 19.7. The van der Waals surface area contributed by atoms with Crippen LogP contribution in [0.4, 0.5) is 11.4 Å². The molecule has 0 saturated heterocycles. The summed E-state index contributed by atoms with van der Waals surface area (Å²) in [7, 11) is 0. The third-order valence-corrected chi connectivity index (χ3v) is 5.34. The van der Waals surface area contributed by atoms with Gasteiger partial charge in [-0.25, -0.2) is 0 Å². The van der Waals surface area contributed by atoms with Crippen molar-refractivity contribution in [1.82, 2.24) is 0 Å². The number of thioether (sulfide) groups is 1. The number of hydrogen-bond donors (Lipinski definition) is 2. The van der Waals surface area contributed by atoms with Crippen LogP contribution in [0.2, 0.25) is 5.02 Å².